The zero-order valence-electron chi connectivity index (χ0n) is 9.15. The molecule has 0 spiro atoms. The number of aliphatic hydroxyl groups excluding tert-OH is 4. The molecule has 0 radical (unpaired) electrons. The van der Waals surface area contributed by atoms with Crippen LogP contribution in [0.15, 0.2) is 11.4 Å². The van der Waals surface area contributed by atoms with Crippen LogP contribution in [0.25, 0.3) is 0 Å². The van der Waals surface area contributed by atoms with Crippen LogP contribution >= 0.6 is 0 Å². The summed E-state index contributed by atoms with van der Waals surface area (Å²) < 4.78 is 0. The smallest absolute Gasteiger partial charge is 0.155 e. The summed E-state index contributed by atoms with van der Waals surface area (Å²) in [4.78, 5) is 6.43. The molecule has 3 atom stereocenters. The van der Waals surface area contributed by atoms with E-state index in [0.717, 1.165) is 0 Å². The van der Waals surface area contributed by atoms with E-state index < -0.39 is 24.9 Å². The summed E-state index contributed by atoms with van der Waals surface area (Å²) in [5.74, 6) is 0.229. The van der Waals surface area contributed by atoms with Crippen LogP contribution in [0.5, 0.6) is 0 Å². The number of aliphatic hydroxyl groups is 4. The van der Waals surface area contributed by atoms with Crippen molar-refractivity contribution in [2.24, 2.45) is 5.16 Å². The molecule has 8 nitrogen and oxygen atoms in total. The van der Waals surface area contributed by atoms with Crippen LogP contribution in [0.4, 0.5) is 0 Å². The highest BCUT2D eigenvalue weighted by atomic mass is 16.4. The van der Waals surface area contributed by atoms with Crippen LogP contribution in [0, 0.1) is 0 Å². The SMILES string of the molecule is C/C(=N\O)c1ncc([C@@H](O)C(O)C(O)CO)[nH]1. The number of hydrogen-bond donors (Lipinski definition) is 6. The van der Waals surface area contributed by atoms with E-state index in [1.807, 2.05) is 0 Å². The second-order valence-electron chi connectivity index (χ2n) is 3.56. The Morgan fingerprint density at radius 3 is 2.65 bits per heavy atom. The van der Waals surface area contributed by atoms with Crippen LogP contribution in [0.2, 0.25) is 0 Å². The first-order chi connectivity index (χ1) is 8.01. The van der Waals surface area contributed by atoms with Gasteiger partial charge in [0.2, 0.25) is 0 Å². The Kier molecular flexibility index (Phi) is 4.58. The zero-order chi connectivity index (χ0) is 13.0. The lowest BCUT2D eigenvalue weighted by Crippen LogP contribution is -2.34. The summed E-state index contributed by atoms with van der Waals surface area (Å²) in [6.07, 6.45) is -3.18. The molecular formula is C9H15N3O5. The van der Waals surface area contributed by atoms with Crippen LogP contribution in [-0.2, 0) is 0 Å². The van der Waals surface area contributed by atoms with E-state index in [4.69, 9.17) is 15.4 Å². The predicted octanol–water partition coefficient (Wildman–Crippen LogP) is -1.64. The van der Waals surface area contributed by atoms with Crippen molar-refractivity contribution in [2.75, 3.05) is 6.61 Å². The predicted molar refractivity (Wildman–Crippen MR) is 56.6 cm³/mol. The summed E-state index contributed by atoms with van der Waals surface area (Å²) >= 11 is 0. The molecule has 1 rings (SSSR count). The minimum Gasteiger partial charge on any atom is -0.411 e. The van der Waals surface area contributed by atoms with Gasteiger partial charge in [-0.1, -0.05) is 5.16 Å². The van der Waals surface area contributed by atoms with E-state index >= 15 is 0 Å². The van der Waals surface area contributed by atoms with Crippen LogP contribution < -0.4 is 0 Å². The fourth-order valence-electron chi connectivity index (χ4n) is 1.22. The van der Waals surface area contributed by atoms with Crippen molar-refractivity contribution >= 4 is 5.71 Å². The normalized spacial score (nSPS) is 17.8. The number of hydrogen-bond acceptors (Lipinski definition) is 7. The lowest BCUT2D eigenvalue weighted by Gasteiger charge is -2.20. The highest BCUT2D eigenvalue weighted by Crippen LogP contribution is 2.17. The molecule has 0 bridgehead atoms. The van der Waals surface area contributed by atoms with Gasteiger partial charge < -0.3 is 30.6 Å². The maximum Gasteiger partial charge on any atom is 0.155 e. The van der Waals surface area contributed by atoms with E-state index in [2.05, 4.69) is 15.1 Å². The number of rotatable bonds is 5. The molecule has 0 saturated heterocycles. The molecule has 2 unspecified atom stereocenters. The number of imidazole rings is 1. The Bertz CT molecular complexity index is 392. The third-order valence-corrected chi connectivity index (χ3v) is 2.31. The summed E-state index contributed by atoms with van der Waals surface area (Å²) in [6, 6.07) is 0. The van der Waals surface area contributed by atoms with Crippen molar-refractivity contribution in [1.29, 1.82) is 0 Å². The first-order valence-electron chi connectivity index (χ1n) is 4.90. The molecule has 96 valence electrons. The summed E-state index contributed by atoms with van der Waals surface area (Å²) in [6.45, 7) is 0.824. The quantitative estimate of drug-likeness (QED) is 0.208. The Morgan fingerprint density at radius 1 is 1.47 bits per heavy atom. The van der Waals surface area contributed by atoms with Gasteiger partial charge >= 0.3 is 0 Å². The molecule has 0 aliphatic rings. The molecule has 0 aliphatic carbocycles. The number of nitrogens with zero attached hydrogens (tertiary/aromatic N) is 2. The van der Waals surface area contributed by atoms with Crippen LogP contribution in [0.1, 0.15) is 24.5 Å². The van der Waals surface area contributed by atoms with Crippen molar-refractivity contribution in [3.63, 3.8) is 0 Å². The average molecular weight is 245 g/mol. The van der Waals surface area contributed by atoms with Gasteiger partial charge in [-0.3, -0.25) is 0 Å². The second-order valence-corrected chi connectivity index (χ2v) is 3.56. The Morgan fingerprint density at radius 2 is 2.12 bits per heavy atom. The van der Waals surface area contributed by atoms with E-state index in [9.17, 15) is 10.2 Å². The van der Waals surface area contributed by atoms with Gasteiger partial charge in [-0.2, -0.15) is 0 Å². The van der Waals surface area contributed by atoms with Gasteiger partial charge in [-0.15, -0.1) is 0 Å². The van der Waals surface area contributed by atoms with E-state index in [-0.39, 0.29) is 17.2 Å². The standard InChI is InChI=1S/C9H15N3O5/c1-4(12-17)9-10-2-5(11-9)7(15)8(16)6(14)3-13/h2,6-8,13-17H,3H2,1H3,(H,10,11)/b12-4+/t6?,7-,8?/m1/s1. The molecule has 1 heterocycles. The molecule has 0 aromatic carbocycles. The number of nitrogens with one attached hydrogen (secondary N) is 1. The van der Waals surface area contributed by atoms with Gasteiger partial charge in [0.15, 0.2) is 5.82 Å². The van der Waals surface area contributed by atoms with Gasteiger partial charge in [0.1, 0.15) is 24.0 Å². The van der Waals surface area contributed by atoms with Crippen LogP contribution in [-0.4, -0.2) is 60.1 Å². The minimum atomic E-state index is -1.54. The molecular weight excluding hydrogens is 230 g/mol. The average Bonchev–Trinajstić information content (AvgIpc) is 2.84. The highest BCUT2D eigenvalue weighted by Gasteiger charge is 2.27. The van der Waals surface area contributed by atoms with Gasteiger partial charge in [0.25, 0.3) is 0 Å². The van der Waals surface area contributed by atoms with Gasteiger partial charge in [-0.05, 0) is 6.92 Å². The molecule has 0 fully saturated rings. The Hall–Kier alpha value is -1.48. The number of H-pyrrole nitrogens is 1. The molecule has 17 heavy (non-hydrogen) atoms. The van der Waals surface area contributed by atoms with E-state index in [1.165, 1.54) is 13.1 Å². The molecule has 8 heteroatoms. The minimum absolute atomic E-state index is 0.142. The van der Waals surface area contributed by atoms with E-state index in [0.29, 0.717) is 0 Å². The molecule has 0 saturated carbocycles. The largest absolute Gasteiger partial charge is 0.411 e. The highest BCUT2D eigenvalue weighted by molar-refractivity contribution is 5.94. The monoisotopic (exact) mass is 245 g/mol. The third-order valence-electron chi connectivity index (χ3n) is 2.31. The van der Waals surface area contributed by atoms with Crippen molar-refractivity contribution in [1.82, 2.24) is 9.97 Å². The molecule has 6 N–H and O–H groups in total. The van der Waals surface area contributed by atoms with Crippen molar-refractivity contribution < 1.29 is 25.6 Å². The molecule has 0 aliphatic heterocycles. The fourth-order valence-corrected chi connectivity index (χ4v) is 1.22. The summed E-state index contributed by atoms with van der Waals surface area (Å²) in [5, 5.41) is 48.3. The van der Waals surface area contributed by atoms with Gasteiger partial charge in [0.05, 0.1) is 18.5 Å². The molecule has 1 aromatic heterocycles. The number of oxime groups is 1. The van der Waals surface area contributed by atoms with Crippen LogP contribution in [0.3, 0.4) is 0 Å². The first-order valence-corrected chi connectivity index (χ1v) is 4.90. The summed E-state index contributed by atoms with van der Waals surface area (Å²) in [7, 11) is 0. The molecule has 0 amide bonds. The van der Waals surface area contributed by atoms with Crippen molar-refractivity contribution in [2.45, 2.75) is 25.2 Å². The van der Waals surface area contributed by atoms with Crippen molar-refractivity contribution in [3.05, 3.63) is 17.7 Å². The number of aromatic nitrogens is 2. The maximum atomic E-state index is 9.66. The third kappa shape index (κ3) is 3.01. The summed E-state index contributed by atoms with van der Waals surface area (Å²) in [5.41, 5.74) is 0.351. The second kappa shape index (κ2) is 5.73. The topological polar surface area (TPSA) is 142 Å². The molecule has 1 aromatic rings. The van der Waals surface area contributed by atoms with Gasteiger partial charge in [-0.25, -0.2) is 4.98 Å². The maximum absolute atomic E-state index is 9.66. The fraction of sp³-hybridized carbons (Fsp3) is 0.556. The first kappa shape index (κ1) is 13.6. The zero-order valence-corrected chi connectivity index (χ0v) is 9.15. The van der Waals surface area contributed by atoms with E-state index in [1.54, 1.807) is 0 Å². The Balaban J connectivity index is 2.83. The van der Waals surface area contributed by atoms with Gasteiger partial charge in [0, 0.05) is 0 Å². The lowest BCUT2D eigenvalue weighted by molar-refractivity contribution is -0.0788. The van der Waals surface area contributed by atoms with Crippen molar-refractivity contribution in [3.8, 4) is 0 Å². The Labute approximate surface area is 96.9 Å². The number of aromatic amines is 1. The lowest BCUT2D eigenvalue weighted by atomic mass is 10.1.